The predicted molar refractivity (Wildman–Crippen MR) is 121 cm³/mol. The minimum absolute atomic E-state index is 0.0521. The van der Waals surface area contributed by atoms with Crippen LogP contribution in [0.4, 0.5) is 4.79 Å². The van der Waals surface area contributed by atoms with Crippen LogP contribution in [0.15, 0.2) is 22.7 Å². The highest BCUT2D eigenvalue weighted by Gasteiger charge is 2.40. The highest BCUT2D eigenvalue weighted by Crippen LogP contribution is 2.38. The average molecular weight is 503 g/mol. The molecule has 2 aliphatic heterocycles. The van der Waals surface area contributed by atoms with Crippen molar-refractivity contribution in [2.45, 2.75) is 50.6 Å². The molecule has 1 aromatic heterocycles. The first-order valence-electron chi connectivity index (χ1n) is 11.3. The molecule has 170 valence electrons. The van der Waals surface area contributed by atoms with E-state index in [9.17, 15) is 14.7 Å². The van der Waals surface area contributed by atoms with E-state index in [1.54, 1.807) is 0 Å². The van der Waals surface area contributed by atoms with Gasteiger partial charge in [-0.2, -0.15) is 0 Å². The molecule has 3 heterocycles. The minimum atomic E-state index is -1.16. The largest absolute Gasteiger partial charge is 0.465 e. The lowest BCUT2D eigenvalue weighted by Gasteiger charge is -2.33. The highest BCUT2D eigenvalue weighted by molar-refractivity contribution is 9.10. The molecule has 2 fully saturated rings. The summed E-state index contributed by atoms with van der Waals surface area (Å²) in [6, 6.07) is 5.38. The number of hydrogen-bond donors (Lipinski definition) is 3. The first kappa shape index (κ1) is 21.5. The Bertz CT molecular complexity index is 1030. The molecular weight excluding hydrogens is 476 g/mol. The number of hydrogen-bond acceptors (Lipinski definition) is 4. The summed E-state index contributed by atoms with van der Waals surface area (Å²) in [5, 5.41) is 11.9. The van der Waals surface area contributed by atoms with Crippen LogP contribution in [-0.2, 0) is 22.4 Å². The molecule has 8 nitrogen and oxygen atoms in total. The number of aromatic nitrogens is 2. The Hall–Kier alpha value is -2.39. The molecule has 3 N–H and O–H groups in total. The second kappa shape index (κ2) is 8.86. The topological polar surface area (TPSA) is 108 Å². The van der Waals surface area contributed by atoms with Crippen molar-refractivity contribution < 1.29 is 19.4 Å². The molecular formula is C23H27BrN4O4. The van der Waals surface area contributed by atoms with Crippen molar-refractivity contribution in [3.63, 3.8) is 0 Å². The summed E-state index contributed by atoms with van der Waals surface area (Å²) in [7, 11) is 0. The van der Waals surface area contributed by atoms with Crippen LogP contribution in [0.3, 0.4) is 0 Å². The van der Waals surface area contributed by atoms with Gasteiger partial charge in [0.1, 0.15) is 11.9 Å². The lowest BCUT2D eigenvalue weighted by Crippen LogP contribution is -2.52. The van der Waals surface area contributed by atoms with Crippen LogP contribution in [0.25, 0.3) is 11.3 Å². The molecule has 0 radical (unpaired) electrons. The monoisotopic (exact) mass is 502 g/mol. The number of halogens is 1. The Balaban J connectivity index is 1.42. The maximum absolute atomic E-state index is 13.6. The maximum Gasteiger partial charge on any atom is 0.405 e. The molecule has 2 aromatic rings. The number of imidazole rings is 1. The Morgan fingerprint density at radius 1 is 1.25 bits per heavy atom. The second-order valence-corrected chi connectivity index (χ2v) is 9.73. The summed E-state index contributed by atoms with van der Waals surface area (Å²) in [6.45, 7) is 1.72. The lowest BCUT2D eigenvalue weighted by atomic mass is 9.90. The second-order valence-electron chi connectivity index (χ2n) is 8.81. The van der Waals surface area contributed by atoms with Gasteiger partial charge in [0.2, 0.25) is 5.91 Å². The molecule has 0 saturated carbocycles. The smallest absolute Gasteiger partial charge is 0.405 e. The molecule has 2 atom stereocenters. The first-order chi connectivity index (χ1) is 15.5. The van der Waals surface area contributed by atoms with E-state index in [2.05, 4.69) is 38.4 Å². The molecule has 1 aliphatic carbocycles. The summed E-state index contributed by atoms with van der Waals surface area (Å²) in [5.41, 5.74) is 4.53. The number of fused-ring (bicyclic) bond motifs is 3. The van der Waals surface area contributed by atoms with E-state index >= 15 is 0 Å². The molecule has 3 aliphatic rings. The average Bonchev–Trinajstić information content (AvgIpc) is 3.44. The van der Waals surface area contributed by atoms with Crippen molar-refractivity contribution in [1.29, 1.82) is 0 Å². The Labute approximate surface area is 194 Å². The van der Waals surface area contributed by atoms with Crippen LogP contribution < -0.4 is 5.32 Å². The fourth-order valence-corrected chi connectivity index (χ4v) is 5.72. The standard InChI is InChI=1S/C23H27BrN4O4/c24-15-4-5-16-14(12-15)3-6-17-20(16)26-21(25-17)18-2-1-9-28(18)22(29)19(27-23(30)31)13-7-10-32-11-8-13/h4-5,12-13,18-19,27H,1-3,6-11H2,(H,25,26)(H,30,31)/t18-,19-/m0/s1. The Kier molecular flexibility index (Phi) is 5.94. The van der Waals surface area contributed by atoms with E-state index in [4.69, 9.17) is 9.72 Å². The van der Waals surface area contributed by atoms with Crippen LogP contribution in [0.2, 0.25) is 0 Å². The number of rotatable bonds is 4. The Morgan fingerprint density at radius 2 is 2.06 bits per heavy atom. The number of aromatic amines is 1. The zero-order chi connectivity index (χ0) is 22.2. The van der Waals surface area contributed by atoms with Crippen molar-refractivity contribution >= 4 is 27.9 Å². The van der Waals surface area contributed by atoms with E-state index in [0.717, 1.165) is 52.9 Å². The molecule has 2 saturated heterocycles. The third kappa shape index (κ3) is 4.03. The fourth-order valence-electron chi connectivity index (χ4n) is 5.31. The number of H-pyrrole nitrogens is 1. The van der Waals surface area contributed by atoms with Crippen molar-refractivity contribution in [3.05, 3.63) is 39.8 Å². The summed E-state index contributed by atoms with van der Waals surface area (Å²) < 4.78 is 6.48. The van der Waals surface area contributed by atoms with E-state index in [-0.39, 0.29) is 17.9 Å². The van der Waals surface area contributed by atoms with Crippen LogP contribution >= 0.6 is 15.9 Å². The minimum Gasteiger partial charge on any atom is -0.465 e. The number of carboxylic acid groups (broad SMARTS) is 1. The highest BCUT2D eigenvalue weighted by atomic mass is 79.9. The van der Waals surface area contributed by atoms with Crippen LogP contribution in [0.1, 0.15) is 48.8 Å². The van der Waals surface area contributed by atoms with Crippen LogP contribution in [0.5, 0.6) is 0 Å². The van der Waals surface area contributed by atoms with Crippen molar-refractivity contribution in [2.24, 2.45) is 5.92 Å². The third-order valence-electron chi connectivity index (χ3n) is 6.90. The lowest BCUT2D eigenvalue weighted by molar-refractivity contribution is -0.136. The summed E-state index contributed by atoms with van der Waals surface area (Å²) in [5.74, 6) is 0.599. The zero-order valence-electron chi connectivity index (χ0n) is 17.8. The molecule has 0 bridgehead atoms. The van der Waals surface area contributed by atoms with Gasteiger partial charge in [-0.15, -0.1) is 0 Å². The van der Waals surface area contributed by atoms with E-state index in [1.165, 1.54) is 5.56 Å². The SMILES string of the molecule is O=C(O)N[C@H](C(=O)N1CCC[C@H]1c1nc2c([nH]1)-c1ccc(Br)cc1CC2)C1CCOCC1. The maximum atomic E-state index is 13.6. The normalized spacial score (nSPS) is 21.7. The number of nitrogens with one attached hydrogen (secondary N) is 2. The first-order valence-corrected chi connectivity index (χ1v) is 12.1. The molecule has 0 unspecified atom stereocenters. The van der Waals surface area contributed by atoms with Crippen LogP contribution in [0, 0.1) is 5.92 Å². The Morgan fingerprint density at radius 3 is 2.84 bits per heavy atom. The van der Waals surface area contributed by atoms with Gasteiger partial charge >= 0.3 is 6.09 Å². The van der Waals surface area contributed by atoms with Gasteiger partial charge in [-0.25, -0.2) is 9.78 Å². The van der Waals surface area contributed by atoms with E-state index < -0.39 is 12.1 Å². The molecule has 9 heteroatoms. The van der Waals surface area contributed by atoms with Crippen molar-refractivity contribution in [1.82, 2.24) is 20.2 Å². The van der Waals surface area contributed by atoms with Gasteiger partial charge in [0.25, 0.3) is 0 Å². The number of carbonyl (C=O) groups excluding carboxylic acids is 1. The summed E-state index contributed by atoms with van der Waals surface area (Å²) >= 11 is 3.55. The van der Waals surface area contributed by atoms with E-state index in [0.29, 0.717) is 32.6 Å². The zero-order valence-corrected chi connectivity index (χ0v) is 19.4. The van der Waals surface area contributed by atoms with Gasteiger partial charge in [-0.3, -0.25) is 4.79 Å². The molecule has 0 spiro atoms. The number of amides is 2. The fraction of sp³-hybridized carbons (Fsp3) is 0.522. The summed E-state index contributed by atoms with van der Waals surface area (Å²) in [4.78, 5) is 35.3. The number of ether oxygens (including phenoxy) is 1. The third-order valence-corrected chi connectivity index (χ3v) is 7.39. The number of aryl methyl sites for hydroxylation is 2. The summed E-state index contributed by atoms with van der Waals surface area (Å²) in [6.07, 6.45) is 3.68. The van der Waals surface area contributed by atoms with Gasteiger partial charge in [0.15, 0.2) is 0 Å². The quantitative estimate of drug-likeness (QED) is 0.591. The van der Waals surface area contributed by atoms with Crippen LogP contribution in [-0.4, -0.2) is 57.8 Å². The van der Waals surface area contributed by atoms with Crippen molar-refractivity contribution in [2.75, 3.05) is 19.8 Å². The number of carbonyl (C=O) groups is 2. The van der Waals surface area contributed by atoms with Gasteiger partial charge in [0.05, 0.1) is 17.4 Å². The van der Waals surface area contributed by atoms with Gasteiger partial charge in [0, 0.05) is 29.8 Å². The van der Waals surface area contributed by atoms with Gasteiger partial charge < -0.3 is 25.0 Å². The number of benzene rings is 1. The number of nitrogens with zero attached hydrogens (tertiary/aromatic N) is 2. The molecule has 1 aromatic carbocycles. The molecule has 32 heavy (non-hydrogen) atoms. The molecule has 5 rings (SSSR count). The van der Waals surface area contributed by atoms with E-state index in [1.807, 2.05) is 11.0 Å². The van der Waals surface area contributed by atoms with Gasteiger partial charge in [-0.05, 0) is 62.1 Å². The van der Waals surface area contributed by atoms with Crippen molar-refractivity contribution in [3.8, 4) is 11.3 Å². The predicted octanol–water partition coefficient (Wildman–Crippen LogP) is 3.66. The van der Waals surface area contributed by atoms with Gasteiger partial charge in [-0.1, -0.05) is 22.0 Å². The number of likely N-dealkylation sites (tertiary alicyclic amines) is 1. The molecule has 2 amide bonds.